The molecule has 0 atom stereocenters. The first kappa shape index (κ1) is 13.3. The minimum absolute atomic E-state index is 0.178. The zero-order valence-corrected chi connectivity index (χ0v) is 9.84. The second-order valence-electron chi connectivity index (χ2n) is 3.74. The Balaban J connectivity index is 3.06. The van der Waals surface area contributed by atoms with Crippen LogP contribution in [-0.4, -0.2) is 16.6 Å². The van der Waals surface area contributed by atoms with E-state index in [1.165, 1.54) is 13.0 Å². The summed E-state index contributed by atoms with van der Waals surface area (Å²) in [6, 6.07) is 3.68. The van der Waals surface area contributed by atoms with Gasteiger partial charge in [-0.25, -0.2) is 0 Å². The van der Waals surface area contributed by atoms with E-state index in [4.69, 9.17) is 5.73 Å². The lowest BCUT2D eigenvalue weighted by Gasteiger charge is -2.09. The molecule has 0 aliphatic rings. The van der Waals surface area contributed by atoms with E-state index in [0.717, 1.165) is 11.4 Å². The third-order valence-electron chi connectivity index (χ3n) is 2.19. The summed E-state index contributed by atoms with van der Waals surface area (Å²) in [5, 5.41) is 0. The van der Waals surface area contributed by atoms with E-state index in [1.807, 2.05) is 26.0 Å². The van der Waals surface area contributed by atoms with Crippen LogP contribution in [0.1, 0.15) is 18.3 Å². The summed E-state index contributed by atoms with van der Waals surface area (Å²) in [4.78, 5) is 2.57. The van der Waals surface area contributed by atoms with Crippen LogP contribution in [0.5, 0.6) is 0 Å². The minimum Gasteiger partial charge on any atom is -0.385 e. The predicted octanol–water partition coefficient (Wildman–Crippen LogP) is 2.84. The van der Waals surface area contributed by atoms with Crippen LogP contribution in [0.3, 0.4) is 0 Å². The highest BCUT2D eigenvalue weighted by molar-refractivity contribution is 5.96. The van der Waals surface area contributed by atoms with Gasteiger partial charge in [0.25, 0.3) is 0 Å². The van der Waals surface area contributed by atoms with Crippen molar-refractivity contribution in [3.05, 3.63) is 29.6 Å². The average Bonchev–Trinajstić information content (AvgIpc) is 2.42. The van der Waals surface area contributed by atoms with Gasteiger partial charge in [-0.1, -0.05) is 0 Å². The molecule has 0 aliphatic heterocycles. The standard InChI is InChI=1S/C11H14F3N3/c1-7(16-11(12,13)14)6-10(15)17-8(2)4-5-9(17)3/h4-6H,15H2,1-3H3. The van der Waals surface area contributed by atoms with E-state index in [0.29, 0.717) is 0 Å². The number of halogens is 3. The molecule has 1 rings (SSSR count). The van der Waals surface area contributed by atoms with Crippen LogP contribution in [-0.2, 0) is 0 Å². The lowest BCUT2D eigenvalue weighted by atomic mass is 10.3. The third-order valence-corrected chi connectivity index (χ3v) is 2.19. The van der Waals surface area contributed by atoms with Gasteiger partial charge in [-0.3, -0.25) is 0 Å². The third kappa shape index (κ3) is 3.65. The number of hydrogen-bond acceptors (Lipinski definition) is 2. The van der Waals surface area contributed by atoms with Crippen molar-refractivity contribution in [3.63, 3.8) is 0 Å². The summed E-state index contributed by atoms with van der Waals surface area (Å²) in [6.07, 6.45) is -3.37. The van der Waals surface area contributed by atoms with E-state index in [2.05, 4.69) is 4.99 Å². The van der Waals surface area contributed by atoms with E-state index >= 15 is 0 Å². The smallest absolute Gasteiger partial charge is 0.385 e. The van der Waals surface area contributed by atoms with Gasteiger partial charge in [0.05, 0.1) is 0 Å². The van der Waals surface area contributed by atoms with Crippen molar-refractivity contribution in [1.82, 2.24) is 4.57 Å². The fourth-order valence-electron chi connectivity index (χ4n) is 1.59. The van der Waals surface area contributed by atoms with Gasteiger partial charge in [0.2, 0.25) is 0 Å². The molecule has 1 heterocycles. The van der Waals surface area contributed by atoms with Gasteiger partial charge in [-0.05, 0) is 39.0 Å². The highest BCUT2D eigenvalue weighted by Crippen LogP contribution is 2.17. The Morgan fingerprint density at radius 2 is 1.76 bits per heavy atom. The Morgan fingerprint density at radius 3 is 2.18 bits per heavy atom. The van der Waals surface area contributed by atoms with Crippen molar-refractivity contribution in [2.45, 2.75) is 27.1 Å². The fourth-order valence-corrected chi connectivity index (χ4v) is 1.59. The molecule has 0 aromatic carbocycles. The highest BCUT2D eigenvalue weighted by Gasteiger charge is 2.25. The lowest BCUT2D eigenvalue weighted by Crippen LogP contribution is -2.12. The first-order valence-electron chi connectivity index (χ1n) is 4.96. The molecule has 0 radical (unpaired) electrons. The second kappa shape index (κ2) is 4.65. The molecule has 0 saturated heterocycles. The van der Waals surface area contributed by atoms with Crippen LogP contribution >= 0.6 is 0 Å². The number of hydrogen-bond donors (Lipinski definition) is 1. The van der Waals surface area contributed by atoms with Gasteiger partial charge in [-0.2, -0.15) is 4.99 Å². The Morgan fingerprint density at radius 1 is 1.29 bits per heavy atom. The summed E-state index contributed by atoms with van der Waals surface area (Å²) in [5.74, 6) is 0.218. The predicted molar refractivity (Wildman–Crippen MR) is 61.5 cm³/mol. The van der Waals surface area contributed by atoms with E-state index in [1.54, 1.807) is 4.57 Å². The molecular formula is C11H14F3N3. The van der Waals surface area contributed by atoms with Crippen molar-refractivity contribution in [2.24, 2.45) is 10.7 Å². The maximum atomic E-state index is 12.0. The molecule has 1 aromatic rings. The molecule has 0 bridgehead atoms. The first-order chi connectivity index (χ1) is 7.70. The zero-order valence-electron chi connectivity index (χ0n) is 9.84. The van der Waals surface area contributed by atoms with Crippen molar-refractivity contribution in [3.8, 4) is 0 Å². The van der Waals surface area contributed by atoms with Gasteiger partial charge in [-0.15, -0.1) is 13.2 Å². The van der Waals surface area contributed by atoms with Crippen molar-refractivity contribution < 1.29 is 13.2 Å². The Kier molecular flexibility index (Phi) is 3.65. The number of alkyl halides is 3. The Hall–Kier alpha value is -1.72. The number of aliphatic imine (C=N–C) groups is 1. The Labute approximate surface area is 97.4 Å². The van der Waals surface area contributed by atoms with Gasteiger partial charge in [0.1, 0.15) is 5.82 Å². The fraction of sp³-hybridized carbons (Fsp3) is 0.364. The normalized spacial score (nSPS) is 14.2. The summed E-state index contributed by atoms with van der Waals surface area (Å²) >= 11 is 0. The van der Waals surface area contributed by atoms with E-state index in [9.17, 15) is 13.2 Å². The molecule has 0 fully saturated rings. The van der Waals surface area contributed by atoms with E-state index < -0.39 is 6.30 Å². The molecule has 2 N–H and O–H groups in total. The van der Waals surface area contributed by atoms with Crippen LogP contribution < -0.4 is 5.73 Å². The molecule has 17 heavy (non-hydrogen) atoms. The maximum Gasteiger partial charge on any atom is 0.503 e. The zero-order chi connectivity index (χ0) is 13.2. The largest absolute Gasteiger partial charge is 0.503 e. The highest BCUT2D eigenvalue weighted by atomic mass is 19.4. The monoisotopic (exact) mass is 245 g/mol. The molecule has 94 valence electrons. The molecule has 0 saturated carbocycles. The van der Waals surface area contributed by atoms with Crippen molar-refractivity contribution >= 4 is 11.5 Å². The summed E-state index contributed by atoms with van der Waals surface area (Å²) < 4.78 is 37.6. The lowest BCUT2D eigenvalue weighted by molar-refractivity contribution is -0.119. The number of nitrogens with two attached hydrogens (primary N) is 1. The van der Waals surface area contributed by atoms with Crippen LogP contribution in [0.2, 0.25) is 0 Å². The summed E-state index contributed by atoms with van der Waals surface area (Å²) in [7, 11) is 0. The molecular weight excluding hydrogens is 231 g/mol. The molecule has 6 heteroatoms. The molecule has 0 spiro atoms. The Bertz CT molecular complexity index is 447. The number of nitrogens with zero attached hydrogens (tertiary/aromatic N) is 2. The molecule has 0 amide bonds. The molecule has 0 aliphatic carbocycles. The minimum atomic E-state index is -4.57. The maximum absolute atomic E-state index is 12.0. The molecule has 0 unspecified atom stereocenters. The average molecular weight is 245 g/mol. The number of aromatic nitrogens is 1. The van der Waals surface area contributed by atoms with Crippen molar-refractivity contribution in [2.75, 3.05) is 0 Å². The van der Waals surface area contributed by atoms with E-state index in [-0.39, 0.29) is 11.5 Å². The number of aryl methyl sites for hydroxylation is 2. The van der Waals surface area contributed by atoms with Gasteiger partial charge in [0, 0.05) is 17.1 Å². The first-order valence-corrected chi connectivity index (χ1v) is 4.96. The number of allylic oxidation sites excluding steroid dienone is 1. The molecule has 1 aromatic heterocycles. The van der Waals surface area contributed by atoms with Gasteiger partial charge < -0.3 is 10.3 Å². The van der Waals surface area contributed by atoms with Crippen LogP contribution in [0, 0.1) is 13.8 Å². The second-order valence-corrected chi connectivity index (χ2v) is 3.74. The van der Waals surface area contributed by atoms with Crippen LogP contribution in [0.4, 0.5) is 13.2 Å². The topological polar surface area (TPSA) is 43.3 Å². The summed E-state index contributed by atoms with van der Waals surface area (Å²) in [5.41, 5.74) is 7.27. The number of rotatable bonds is 2. The quantitative estimate of drug-likeness (QED) is 0.632. The van der Waals surface area contributed by atoms with Crippen molar-refractivity contribution in [1.29, 1.82) is 0 Å². The molecule has 3 nitrogen and oxygen atoms in total. The van der Waals surface area contributed by atoms with Gasteiger partial charge in [0.15, 0.2) is 0 Å². The SMILES string of the molecule is CC(C=C(N)n1c(C)ccc1C)=NC(F)(F)F. The summed E-state index contributed by atoms with van der Waals surface area (Å²) in [6.45, 7) is 4.91. The van der Waals surface area contributed by atoms with Gasteiger partial charge >= 0.3 is 6.30 Å². The van der Waals surface area contributed by atoms with Crippen LogP contribution in [0.25, 0.3) is 5.82 Å². The van der Waals surface area contributed by atoms with Crippen LogP contribution in [0.15, 0.2) is 23.2 Å².